The number of nitrogens with zero attached hydrogens (tertiary/aromatic N) is 3. The molecule has 0 atom stereocenters. The Morgan fingerprint density at radius 2 is 1.91 bits per heavy atom. The molecule has 9 nitrogen and oxygen atoms in total. The fourth-order valence-corrected chi connectivity index (χ4v) is 5.49. The fraction of sp³-hybridized carbons (Fsp3) is 0.333. The topological polar surface area (TPSA) is 117 Å². The molecule has 2 heterocycles. The Morgan fingerprint density at radius 1 is 1.23 bits per heavy atom. The summed E-state index contributed by atoms with van der Waals surface area (Å²) in [5.41, 5.74) is 8.05. The largest absolute Gasteiger partial charge is 0.465 e. The zero-order valence-corrected chi connectivity index (χ0v) is 20.3. The molecule has 0 aliphatic carbocycles. The molecule has 0 unspecified atom stereocenters. The van der Waals surface area contributed by atoms with Gasteiger partial charge in [0.05, 0.1) is 48.4 Å². The second kappa shape index (κ2) is 10.2. The van der Waals surface area contributed by atoms with Crippen LogP contribution in [0.5, 0.6) is 0 Å². The molecule has 0 radical (unpaired) electrons. The lowest BCUT2D eigenvalue weighted by Gasteiger charge is -2.26. The van der Waals surface area contributed by atoms with E-state index in [2.05, 4.69) is 4.98 Å². The summed E-state index contributed by atoms with van der Waals surface area (Å²) in [6, 6.07) is 9.66. The summed E-state index contributed by atoms with van der Waals surface area (Å²) in [7, 11) is -2.37. The molecule has 0 spiro atoms. The molecule has 0 bridgehead atoms. The first kappa shape index (κ1) is 25.0. The smallest absolute Gasteiger partial charge is 0.337 e. The van der Waals surface area contributed by atoms with Gasteiger partial charge in [0.2, 0.25) is 10.0 Å². The highest BCUT2D eigenvalue weighted by molar-refractivity contribution is 7.89. The van der Waals surface area contributed by atoms with Crippen LogP contribution in [0.15, 0.2) is 53.2 Å². The van der Waals surface area contributed by atoms with Crippen molar-refractivity contribution in [3.8, 4) is 11.1 Å². The van der Waals surface area contributed by atoms with Crippen LogP contribution in [-0.2, 0) is 26.0 Å². The number of hydrogen-bond acceptors (Lipinski definition) is 7. The summed E-state index contributed by atoms with van der Waals surface area (Å²) in [4.78, 5) is 17.2. The van der Waals surface area contributed by atoms with Crippen molar-refractivity contribution in [3.63, 3.8) is 0 Å². The second-order valence-corrected chi connectivity index (χ2v) is 9.99. The number of aromatic nitrogens is 2. The maximum Gasteiger partial charge on any atom is 0.337 e. The highest BCUT2D eigenvalue weighted by Crippen LogP contribution is 2.32. The van der Waals surface area contributed by atoms with Crippen LogP contribution < -0.4 is 5.73 Å². The molecule has 1 aliphatic rings. The monoisotopic (exact) mass is 502 g/mol. The number of imidazole rings is 1. The number of carbonyl (C=O) groups excluding carboxylic acids is 1. The number of fused-ring (bicyclic) bond motifs is 1. The van der Waals surface area contributed by atoms with Crippen molar-refractivity contribution in [2.24, 2.45) is 5.73 Å². The van der Waals surface area contributed by atoms with Gasteiger partial charge in [-0.1, -0.05) is 12.1 Å². The number of halogens is 1. The molecule has 0 saturated carbocycles. The number of hydrogen-bond donors (Lipinski definition) is 1. The maximum absolute atomic E-state index is 14.3. The van der Waals surface area contributed by atoms with E-state index in [9.17, 15) is 17.6 Å². The van der Waals surface area contributed by atoms with E-state index in [1.54, 1.807) is 35.8 Å². The van der Waals surface area contributed by atoms with Crippen molar-refractivity contribution < 1.29 is 27.1 Å². The van der Waals surface area contributed by atoms with Crippen molar-refractivity contribution in [3.05, 3.63) is 59.7 Å². The minimum absolute atomic E-state index is 0.0654. The predicted molar refractivity (Wildman–Crippen MR) is 129 cm³/mol. The summed E-state index contributed by atoms with van der Waals surface area (Å²) >= 11 is 0. The molecule has 1 aromatic heterocycles. The van der Waals surface area contributed by atoms with Gasteiger partial charge in [0.15, 0.2) is 0 Å². The Bertz CT molecular complexity index is 1380. The summed E-state index contributed by atoms with van der Waals surface area (Å²) < 4.78 is 53.5. The van der Waals surface area contributed by atoms with E-state index in [0.29, 0.717) is 54.3 Å². The Kier molecular flexibility index (Phi) is 7.31. The van der Waals surface area contributed by atoms with Crippen molar-refractivity contribution in [2.75, 3.05) is 40.0 Å². The predicted octanol–water partition coefficient (Wildman–Crippen LogP) is 2.63. The van der Waals surface area contributed by atoms with E-state index in [1.165, 1.54) is 29.6 Å². The highest BCUT2D eigenvalue weighted by Gasteiger charge is 2.26. The molecule has 1 saturated heterocycles. The van der Waals surface area contributed by atoms with E-state index in [4.69, 9.17) is 15.2 Å². The number of ether oxygens (including phenoxy) is 2. The van der Waals surface area contributed by atoms with Crippen LogP contribution in [0.3, 0.4) is 0 Å². The molecule has 1 aliphatic heterocycles. The average molecular weight is 503 g/mol. The van der Waals surface area contributed by atoms with Gasteiger partial charge in [0.25, 0.3) is 0 Å². The third-order valence-corrected chi connectivity index (χ3v) is 7.80. The summed E-state index contributed by atoms with van der Waals surface area (Å²) in [6.45, 7) is 3.05. The Morgan fingerprint density at radius 3 is 2.54 bits per heavy atom. The summed E-state index contributed by atoms with van der Waals surface area (Å²) in [5, 5.41) is 0. The standard InChI is InChI=1S/C24H27FN4O5S/c1-16-27-23-21(13-18(24(30)33-2)14-22(23)29(16)15-19(25)7-8-26)17-3-5-20(6-4-17)35(31,32)28-9-11-34-12-10-28/h3-7,13-14H,8-12,15,26H2,1-2H3. The first-order valence-corrected chi connectivity index (χ1v) is 12.5. The van der Waals surface area contributed by atoms with Crippen LogP contribution in [0.25, 0.3) is 22.2 Å². The first-order valence-electron chi connectivity index (χ1n) is 11.1. The fourth-order valence-electron chi connectivity index (χ4n) is 4.08. The molecule has 186 valence electrons. The Balaban J connectivity index is 1.80. The van der Waals surface area contributed by atoms with Crippen molar-refractivity contribution >= 4 is 27.0 Å². The molecule has 1 fully saturated rings. The molecule has 2 N–H and O–H groups in total. The Labute approximate surface area is 203 Å². The number of esters is 1. The van der Waals surface area contributed by atoms with Gasteiger partial charge in [-0.15, -0.1) is 0 Å². The van der Waals surface area contributed by atoms with Crippen LogP contribution in [0.1, 0.15) is 16.2 Å². The normalized spacial score (nSPS) is 15.5. The van der Waals surface area contributed by atoms with Crippen molar-refractivity contribution in [1.29, 1.82) is 0 Å². The number of rotatable bonds is 7. The Hall–Kier alpha value is -3.12. The van der Waals surface area contributed by atoms with Crippen LogP contribution in [0.4, 0.5) is 4.39 Å². The van der Waals surface area contributed by atoms with Crippen LogP contribution in [-0.4, -0.2) is 68.2 Å². The van der Waals surface area contributed by atoms with Gasteiger partial charge < -0.3 is 19.8 Å². The third-order valence-electron chi connectivity index (χ3n) is 5.89. The lowest BCUT2D eigenvalue weighted by atomic mass is 10.0. The minimum atomic E-state index is -3.65. The second-order valence-electron chi connectivity index (χ2n) is 8.06. The van der Waals surface area contributed by atoms with Gasteiger partial charge in [0.1, 0.15) is 11.7 Å². The molecule has 11 heteroatoms. The van der Waals surface area contributed by atoms with Gasteiger partial charge in [-0.3, -0.25) is 0 Å². The number of sulfonamides is 1. The molecule has 4 rings (SSSR count). The summed E-state index contributed by atoms with van der Waals surface area (Å²) in [5.74, 6) is -0.420. The van der Waals surface area contributed by atoms with Crippen molar-refractivity contribution in [1.82, 2.24) is 13.9 Å². The quantitative estimate of drug-likeness (QED) is 0.494. The number of allylic oxidation sites excluding steroid dienone is 1. The third kappa shape index (κ3) is 4.98. The summed E-state index contributed by atoms with van der Waals surface area (Å²) in [6.07, 6.45) is 1.28. The van der Waals surface area contributed by atoms with E-state index in [-0.39, 0.29) is 23.5 Å². The number of methoxy groups -OCH3 is 1. The van der Waals surface area contributed by atoms with E-state index in [1.807, 2.05) is 0 Å². The number of aryl methyl sites for hydroxylation is 1. The molecule has 3 aromatic rings. The van der Waals surface area contributed by atoms with E-state index >= 15 is 0 Å². The number of benzene rings is 2. The maximum atomic E-state index is 14.3. The number of morpholine rings is 1. The lowest BCUT2D eigenvalue weighted by Crippen LogP contribution is -2.40. The molecular weight excluding hydrogens is 475 g/mol. The van der Waals surface area contributed by atoms with Crippen molar-refractivity contribution in [2.45, 2.75) is 18.4 Å². The van der Waals surface area contributed by atoms with Crippen LogP contribution in [0, 0.1) is 6.92 Å². The number of nitrogens with two attached hydrogens (primary N) is 1. The average Bonchev–Trinajstić information content (AvgIpc) is 3.18. The number of carbonyl (C=O) groups is 1. The van der Waals surface area contributed by atoms with Crippen LogP contribution >= 0.6 is 0 Å². The minimum Gasteiger partial charge on any atom is -0.465 e. The van der Waals surface area contributed by atoms with Gasteiger partial charge in [-0.25, -0.2) is 22.6 Å². The molecular formula is C24H27FN4O5S. The van der Waals surface area contributed by atoms with E-state index in [0.717, 1.165) is 0 Å². The highest BCUT2D eigenvalue weighted by atomic mass is 32.2. The zero-order valence-electron chi connectivity index (χ0n) is 19.5. The first-order chi connectivity index (χ1) is 16.8. The lowest BCUT2D eigenvalue weighted by molar-refractivity contribution is 0.0601. The zero-order chi connectivity index (χ0) is 25.2. The van der Waals surface area contributed by atoms with Gasteiger partial charge >= 0.3 is 5.97 Å². The SMILES string of the molecule is COC(=O)c1cc(-c2ccc(S(=O)(=O)N3CCOCC3)cc2)c2nc(C)n(CC(F)=CCN)c2c1. The van der Waals surface area contributed by atoms with Gasteiger partial charge in [-0.05, 0) is 42.8 Å². The van der Waals surface area contributed by atoms with E-state index < -0.39 is 21.8 Å². The van der Waals surface area contributed by atoms with Crippen LogP contribution in [0.2, 0.25) is 0 Å². The van der Waals surface area contributed by atoms with Gasteiger partial charge in [-0.2, -0.15) is 4.31 Å². The molecule has 0 amide bonds. The van der Waals surface area contributed by atoms with Gasteiger partial charge in [0, 0.05) is 25.2 Å². The molecule has 2 aromatic carbocycles. The molecule has 35 heavy (non-hydrogen) atoms.